The van der Waals surface area contributed by atoms with E-state index < -0.39 is 24.5 Å². The molecule has 1 N–H and O–H groups in total. The third kappa shape index (κ3) is 3.20. The lowest BCUT2D eigenvalue weighted by atomic mass is 10.1. The Hall–Kier alpha value is -1.55. The van der Waals surface area contributed by atoms with E-state index in [1.54, 1.807) is 6.07 Å². The highest BCUT2D eigenvalue weighted by Crippen LogP contribution is 2.23. The number of hydrogen-bond acceptors (Lipinski definition) is 3. The van der Waals surface area contributed by atoms with Crippen molar-refractivity contribution >= 4 is 21.9 Å². The van der Waals surface area contributed by atoms with Crippen molar-refractivity contribution in [3.05, 3.63) is 28.6 Å². The molecule has 1 rings (SSSR count). The van der Waals surface area contributed by atoms with Crippen LogP contribution in [0.2, 0.25) is 0 Å². The Bertz CT molecular complexity index is 486. The van der Waals surface area contributed by atoms with Crippen LogP contribution in [0.3, 0.4) is 0 Å². The number of carboxylic acids is 1. The summed E-state index contributed by atoms with van der Waals surface area (Å²) in [5, 5.41) is 17.7. The molecule has 0 aliphatic carbocycles. The van der Waals surface area contributed by atoms with Gasteiger partial charge in [-0.05, 0) is 11.6 Å². The highest BCUT2D eigenvalue weighted by atomic mass is 79.9. The Morgan fingerprint density at radius 1 is 1.65 bits per heavy atom. The number of rotatable bonds is 4. The first kappa shape index (κ1) is 13.5. The van der Waals surface area contributed by atoms with Gasteiger partial charge in [0.05, 0.1) is 17.7 Å². The van der Waals surface area contributed by atoms with Crippen LogP contribution in [0.5, 0.6) is 0 Å². The van der Waals surface area contributed by atoms with E-state index in [0.717, 1.165) is 6.07 Å². The van der Waals surface area contributed by atoms with Crippen LogP contribution in [0.15, 0.2) is 6.07 Å². The molecule has 1 aromatic rings. The Balaban J connectivity index is 3.38. The lowest BCUT2D eigenvalue weighted by Crippen LogP contribution is -2.09. The van der Waals surface area contributed by atoms with Gasteiger partial charge in [0.2, 0.25) is 0 Å². The fraction of sp³-hybridized carbons (Fsp3) is 0.300. The minimum Gasteiger partial charge on any atom is -0.481 e. The van der Waals surface area contributed by atoms with E-state index in [-0.39, 0.29) is 16.6 Å². The van der Waals surface area contributed by atoms with Crippen LogP contribution in [0.25, 0.3) is 0 Å². The van der Waals surface area contributed by atoms with Crippen molar-refractivity contribution in [1.82, 2.24) is 4.98 Å². The van der Waals surface area contributed by atoms with Crippen molar-refractivity contribution < 1.29 is 18.7 Å². The molecule has 0 bridgehead atoms. The molecule has 1 aromatic heterocycles. The average molecular weight is 305 g/mol. The van der Waals surface area contributed by atoms with E-state index in [1.165, 1.54) is 0 Å². The Morgan fingerprint density at radius 2 is 2.29 bits per heavy atom. The summed E-state index contributed by atoms with van der Waals surface area (Å²) in [7, 11) is 0. The van der Waals surface area contributed by atoms with Gasteiger partial charge in [0.25, 0.3) is 6.43 Å². The summed E-state index contributed by atoms with van der Waals surface area (Å²) in [5.41, 5.74) is -0.301. The lowest BCUT2D eigenvalue weighted by Gasteiger charge is -2.08. The second-order valence-corrected chi connectivity index (χ2v) is 3.71. The summed E-state index contributed by atoms with van der Waals surface area (Å²) in [6.07, 6.45) is -3.35. The normalized spacial score (nSPS) is 10.3. The molecule has 1 heterocycles. The van der Waals surface area contributed by atoms with Gasteiger partial charge in [-0.15, -0.1) is 0 Å². The van der Waals surface area contributed by atoms with E-state index in [1.807, 2.05) is 0 Å². The first-order valence-electron chi connectivity index (χ1n) is 4.48. The third-order valence-electron chi connectivity index (χ3n) is 1.99. The minimum absolute atomic E-state index is 0.0358. The molecule has 0 aliphatic heterocycles. The van der Waals surface area contributed by atoms with Gasteiger partial charge < -0.3 is 5.11 Å². The van der Waals surface area contributed by atoms with Crippen molar-refractivity contribution in [2.24, 2.45) is 0 Å². The van der Waals surface area contributed by atoms with Gasteiger partial charge in [-0.25, -0.2) is 13.8 Å². The number of aliphatic carboxylic acids is 1. The maximum Gasteiger partial charge on any atom is 0.309 e. The van der Waals surface area contributed by atoms with E-state index in [9.17, 15) is 13.6 Å². The molecule has 0 fully saturated rings. The second-order valence-electron chi connectivity index (χ2n) is 3.14. The zero-order valence-corrected chi connectivity index (χ0v) is 10.0. The monoisotopic (exact) mass is 304 g/mol. The van der Waals surface area contributed by atoms with Crippen LogP contribution < -0.4 is 0 Å². The van der Waals surface area contributed by atoms with Crippen LogP contribution in [0, 0.1) is 11.3 Å². The summed E-state index contributed by atoms with van der Waals surface area (Å²) in [5.74, 6) is -1.22. The number of aromatic nitrogens is 1. The molecule has 0 spiro atoms. The molecular weight excluding hydrogens is 298 g/mol. The largest absolute Gasteiger partial charge is 0.481 e. The van der Waals surface area contributed by atoms with Crippen LogP contribution in [0.1, 0.15) is 28.9 Å². The van der Waals surface area contributed by atoms with E-state index in [2.05, 4.69) is 20.9 Å². The van der Waals surface area contributed by atoms with Gasteiger partial charge in [0.1, 0.15) is 11.8 Å². The molecule has 0 aromatic carbocycles. The maximum absolute atomic E-state index is 12.5. The van der Waals surface area contributed by atoms with Crippen LogP contribution in [-0.4, -0.2) is 16.1 Å². The first-order valence-corrected chi connectivity index (χ1v) is 5.60. The predicted octanol–water partition coefficient (Wildman–Crippen LogP) is 2.41. The third-order valence-corrected chi connectivity index (χ3v) is 2.60. The van der Waals surface area contributed by atoms with Crippen LogP contribution in [-0.2, 0) is 16.5 Å². The molecule has 90 valence electrons. The zero-order valence-electron chi connectivity index (χ0n) is 8.45. The number of hydrogen-bond donors (Lipinski definition) is 1. The van der Waals surface area contributed by atoms with Gasteiger partial charge in [-0.3, -0.25) is 4.79 Å². The van der Waals surface area contributed by atoms with E-state index in [4.69, 9.17) is 10.4 Å². The quantitative estimate of drug-likeness (QED) is 0.867. The Labute approximate surface area is 104 Å². The molecule has 0 aliphatic rings. The van der Waals surface area contributed by atoms with Gasteiger partial charge in [-0.1, -0.05) is 15.9 Å². The summed E-state index contributed by atoms with van der Waals surface area (Å²) < 4.78 is 25.1. The highest BCUT2D eigenvalue weighted by molar-refractivity contribution is 9.08. The van der Waals surface area contributed by atoms with Crippen molar-refractivity contribution in [3.63, 3.8) is 0 Å². The summed E-state index contributed by atoms with van der Waals surface area (Å²) in [6.45, 7) is 0. The number of alkyl halides is 3. The molecule has 0 saturated carbocycles. The number of carbonyl (C=O) groups is 1. The van der Waals surface area contributed by atoms with Crippen molar-refractivity contribution in [2.45, 2.75) is 18.2 Å². The first-order chi connectivity index (χ1) is 7.99. The minimum atomic E-state index is -2.80. The number of nitrogens with zero attached hydrogens (tertiary/aromatic N) is 2. The molecule has 7 heteroatoms. The molecular formula is C10H7BrF2N2O2. The Kier molecular flexibility index (Phi) is 4.52. The number of halogens is 3. The van der Waals surface area contributed by atoms with Gasteiger partial charge in [0, 0.05) is 5.33 Å². The molecule has 4 nitrogen and oxygen atoms in total. The van der Waals surface area contributed by atoms with Gasteiger partial charge in [-0.2, -0.15) is 5.26 Å². The lowest BCUT2D eigenvalue weighted by molar-refractivity contribution is -0.136. The molecule has 0 saturated heterocycles. The Morgan fingerprint density at radius 3 is 2.71 bits per heavy atom. The fourth-order valence-electron chi connectivity index (χ4n) is 1.30. The zero-order chi connectivity index (χ0) is 13.0. The number of carboxylic acid groups (broad SMARTS) is 1. The van der Waals surface area contributed by atoms with E-state index in [0.29, 0.717) is 5.56 Å². The SMILES string of the molecule is N#Cc1c(CBr)cc(C(F)F)nc1CC(=O)O. The average Bonchev–Trinajstić information content (AvgIpc) is 2.26. The molecule has 0 amide bonds. The van der Waals surface area contributed by atoms with Crippen LogP contribution >= 0.6 is 15.9 Å². The fourth-order valence-corrected chi connectivity index (χ4v) is 1.75. The predicted molar refractivity (Wildman–Crippen MR) is 57.9 cm³/mol. The van der Waals surface area contributed by atoms with Crippen LogP contribution in [0.4, 0.5) is 8.78 Å². The molecule has 0 radical (unpaired) electrons. The summed E-state index contributed by atoms with van der Waals surface area (Å²) >= 11 is 3.06. The highest BCUT2D eigenvalue weighted by Gasteiger charge is 2.18. The van der Waals surface area contributed by atoms with E-state index >= 15 is 0 Å². The molecule has 17 heavy (non-hydrogen) atoms. The number of pyridine rings is 1. The van der Waals surface area contributed by atoms with Crippen molar-refractivity contribution in [3.8, 4) is 6.07 Å². The summed E-state index contributed by atoms with van der Waals surface area (Å²) in [4.78, 5) is 14.1. The van der Waals surface area contributed by atoms with Gasteiger partial charge in [0.15, 0.2) is 0 Å². The molecule has 0 atom stereocenters. The molecule has 0 unspecified atom stereocenters. The topological polar surface area (TPSA) is 74.0 Å². The standard InChI is InChI=1S/C10H7BrF2N2O2/c11-3-5-1-8(10(12)13)15-7(2-9(16)17)6(5)4-14/h1,10H,2-3H2,(H,16,17). The second kappa shape index (κ2) is 5.68. The number of nitriles is 1. The van der Waals surface area contributed by atoms with Gasteiger partial charge >= 0.3 is 5.97 Å². The summed E-state index contributed by atoms with van der Waals surface area (Å²) in [6, 6.07) is 2.89. The van der Waals surface area contributed by atoms with Crippen molar-refractivity contribution in [1.29, 1.82) is 5.26 Å². The van der Waals surface area contributed by atoms with Crippen molar-refractivity contribution in [2.75, 3.05) is 0 Å². The smallest absolute Gasteiger partial charge is 0.309 e. The maximum atomic E-state index is 12.5.